The Morgan fingerprint density at radius 3 is 2.89 bits per heavy atom. The van der Waals surface area contributed by atoms with Crippen LogP contribution in [-0.4, -0.2) is 51.9 Å². The molecule has 0 radical (unpaired) electrons. The minimum absolute atomic E-state index is 0.161. The summed E-state index contributed by atoms with van der Waals surface area (Å²) in [5.74, 6) is 1.38. The Morgan fingerprint density at radius 2 is 2.07 bits per heavy atom. The van der Waals surface area contributed by atoms with Gasteiger partial charge in [-0.25, -0.2) is 9.97 Å². The Balaban J connectivity index is 1.33. The molecule has 1 aromatic heterocycles. The molecule has 0 saturated carbocycles. The number of piperidine rings is 1. The van der Waals surface area contributed by atoms with Gasteiger partial charge in [-0.1, -0.05) is 30.3 Å². The van der Waals surface area contributed by atoms with E-state index in [4.69, 9.17) is 9.97 Å². The number of nitrogens with zero attached hydrogens (tertiary/aromatic N) is 4. The first-order chi connectivity index (χ1) is 13.7. The van der Waals surface area contributed by atoms with Gasteiger partial charge in [0, 0.05) is 62.9 Å². The van der Waals surface area contributed by atoms with E-state index >= 15 is 0 Å². The number of aryl methyl sites for hydroxylation is 1. The third-order valence-corrected chi connectivity index (χ3v) is 6.05. The van der Waals surface area contributed by atoms with Crippen LogP contribution in [0.4, 0.5) is 0 Å². The molecule has 148 valence electrons. The Labute approximate surface area is 167 Å². The number of amides is 1. The van der Waals surface area contributed by atoms with Crippen molar-refractivity contribution in [3.8, 4) is 0 Å². The van der Waals surface area contributed by atoms with Gasteiger partial charge in [0.25, 0.3) is 0 Å². The van der Waals surface area contributed by atoms with E-state index in [1.165, 1.54) is 23.2 Å². The van der Waals surface area contributed by atoms with Crippen LogP contribution in [0.1, 0.15) is 54.7 Å². The quantitative estimate of drug-likeness (QED) is 0.802. The zero-order valence-corrected chi connectivity index (χ0v) is 16.8. The molecule has 0 unspecified atom stereocenters. The van der Waals surface area contributed by atoms with Gasteiger partial charge in [-0.2, -0.15) is 0 Å². The molecule has 2 aliphatic heterocycles. The van der Waals surface area contributed by atoms with E-state index < -0.39 is 0 Å². The molecule has 1 fully saturated rings. The number of hydrogen-bond acceptors (Lipinski definition) is 4. The number of carbonyl (C=O) groups is 1. The molecule has 0 bridgehead atoms. The Hall–Kier alpha value is -2.27. The molecular weight excluding hydrogens is 348 g/mol. The van der Waals surface area contributed by atoms with Gasteiger partial charge in [0.05, 0.1) is 0 Å². The average Bonchev–Trinajstić information content (AvgIpc) is 2.74. The van der Waals surface area contributed by atoms with Gasteiger partial charge in [0.2, 0.25) is 5.91 Å². The number of fused-ring (bicyclic) bond motifs is 1. The molecule has 1 amide bonds. The van der Waals surface area contributed by atoms with E-state index in [9.17, 15) is 4.79 Å². The molecule has 2 aromatic rings. The van der Waals surface area contributed by atoms with Crippen molar-refractivity contribution in [1.29, 1.82) is 0 Å². The van der Waals surface area contributed by atoms with Crippen LogP contribution < -0.4 is 0 Å². The molecule has 3 heterocycles. The fourth-order valence-corrected chi connectivity index (χ4v) is 4.40. The van der Waals surface area contributed by atoms with Crippen LogP contribution in [0.15, 0.2) is 36.5 Å². The third kappa shape index (κ3) is 4.58. The lowest BCUT2D eigenvalue weighted by atomic mass is 9.96. The summed E-state index contributed by atoms with van der Waals surface area (Å²) >= 11 is 0. The molecule has 5 heteroatoms. The number of rotatable bonds is 5. The van der Waals surface area contributed by atoms with Crippen LogP contribution in [0, 0.1) is 0 Å². The first-order valence-corrected chi connectivity index (χ1v) is 10.6. The number of hydrogen-bond donors (Lipinski definition) is 0. The zero-order valence-electron chi connectivity index (χ0n) is 16.8. The lowest BCUT2D eigenvalue weighted by Gasteiger charge is -2.32. The third-order valence-electron chi connectivity index (χ3n) is 6.05. The SMILES string of the molecule is CC(=O)N1CCC[C@H](c2ncc3c(n2)CCN(CCCc2ccccc2)C3)C1. The maximum absolute atomic E-state index is 11.7. The fraction of sp³-hybridized carbons (Fsp3) is 0.522. The van der Waals surface area contributed by atoms with Crippen molar-refractivity contribution in [1.82, 2.24) is 19.8 Å². The predicted octanol–water partition coefficient (Wildman–Crippen LogP) is 3.19. The first kappa shape index (κ1) is 19.1. The van der Waals surface area contributed by atoms with Crippen molar-refractivity contribution >= 4 is 5.91 Å². The highest BCUT2D eigenvalue weighted by Crippen LogP contribution is 2.26. The lowest BCUT2D eigenvalue weighted by molar-refractivity contribution is -0.130. The predicted molar refractivity (Wildman–Crippen MR) is 110 cm³/mol. The van der Waals surface area contributed by atoms with E-state index in [0.717, 1.165) is 64.2 Å². The second-order valence-electron chi connectivity index (χ2n) is 8.12. The van der Waals surface area contributed by atoms with Crippen LogP contribution in [-0.2, 0) is 24.2 Å². The summed E-state index contributed by atoms with van der Waals surface area (Å²) in [6.07, 6.45) is 7.47. The number of likely N-dealkylation sites (tertiary alicyclic amines) is 1. The molecule has 0 aliphatic carbocycles. The van der Waals surface area contributed by atoms with Crippen molar-refractivity contribution in [2.75, 3.05) is 26.2 Å². The van der Waals surface area contributed by atoms with Crippen molar-refractivity contribution in [3.63, 3.8) is 0 Å². The van der Waals surface area contributed by atoms with E-state index in [1.54, 1.807) is 6.92 Å². The second-order valence-corrected chi connectivity index (χ2v) is 8.12. The van der Waals surface area contributed by atoms with Crippen LogP contribution in [0.2, 0.25) is 0 Å². The Kier molecular flexibility index (Phi) is 6.01. The molecule has 4 rings (SSSR count). The molecule has 1 saturated heterocycles. The van der Waals surface area contributed by atoms with Gasteiger partial charge in [0.15, 0.2) is 0 Å². The van der Waals surface area contributed by atoms with Crippen molar-refractivity contribution < 1.29 is 4.79 Å². The Morgan fingerprint density at radius 1 is 1.21 bits per heavy atom. The first-order valence-electron chi connectivity index (χ1n) is 10.6. The summed E-state index contributed by atoms with van der Waals surface area (Å²) in [5, 5.41) is 0. The topological polar surface area (TPSA) is 49.3 Å². The lowest BCUT2D eigenvalue weighted by Crippen LogP contribution is -2.38. The van der Waals surface area contributed by atoms with Gasteiger partial charge in [-0.3, -0.25) is 9.69 Å². The standard InChI is InChI=1S/C23H30N4O/c1-18(28)27-13-6-10-20(17-27)23-24-15-21-16-26(14-11-22(21)25-23)12-5-9-19-7-3-2-4-8-19/h2-4,7-8,15,20H,5-6,9-14,16-17H2,1H3/t20-/m0/s1. The average molecular weight is 379 g/mol. The molecule has 2 aliphatic rings. The number of aromatic nitrogens is 2. The van der Waals surface area contributed by atoms with Crippen molar-refractivity contribution in [2.24, 2.45) is 0 Å². The largest absolute Gasteiger partial charge is 0.342 e. The van der Waals surface area contributed by atoms with E-state index in [1.807, 2.05) is 11.1 Å². The van der Waals surface area contributed by atoms with Crippen molar-refractivity contribution in [3.05, 3.63) is 59.2 Å². The second kappa shape index (κ2) is 8.82. The van der Waals surface area contributed by atoms with Gasteiger partial charge < -0.3 is 4.90 Å². The molecule has 1 atom stereocenters. The van der Waals surface area contributed by atoms with Crippen molar-refractivity contribution in [2.45, 2.75) is 51.5 Å². The Bertz CT molecular complexity index is 808. The van der Waals surface area contributed by atoms with Crippen LogP contribution in [0.5, 0.6) is 0 Å². The number of carbonyl (C=O) groups excluding carboxylic acids is 1. The summed E-state index contributed by atoms with van der Waals surface area (Å²) in [5.41, 5.74) is 3.90. The molecule has 0 spiro atoms. The van der Waals surface area contributed by atoms with Gasteiger partial charge in [-0.15, -0.1) is 0 Å². The molecule has 28 heavy (non-hydrogen) atoms. The molecule has 0 N–H and O–H groups in total. The van der Waals surface area contributed by atoms with Gasteiger partial charge in [0.1, 0.15) is 5.82 Å². The summed E-state index contributed by atoms with van der Waals surface area (Å²) in [6, 6.07) is 10.7. The molecule has 1 aromatic carbocycles. The highest BCUT2D eigenvalue weighted by molar-refractivity contribution is 5.73. The van der Waals surface area contributed by atoms with Gasteiger partial charge >= 0.3 is 0 Å². The molecule has 5 nitrogen and oxygen atoms in total. The minimum Gasteiger partial charge on any atom is -0.342 e. The number of benzene rings is 1. The summed E-state index contributed by atoms with van der Waals surface area (Å²) < 4.78 is 0. The summed E-state index contributed by atoms with van der Waals surface area (Å²) in [4.78, 5) is 25.8. The molecular formula is C23H30N4O. The monoisotopic (exact) mass is 378 g/mol. The summed E-state index contributed by atoms with van der Waals surface area (Å²) in [6.45, 7) is 6.43. The van der Waals surface area contributed by atoms with Crippen LogP contribution in [0.3, 0.4) is 0 Å². The van der Waals surface area contributed by atoms with E-state index in [0.29, 0.717) is 0 Å². The van der Waals surface area contributed by atoms with E-state index in [2.05, 4.69) is 35.2 Å². The van der Waals surface area contributed by atoms with E-state index in [-0.39, 0.29) is 11.8 Å². The minimum atomic E-state index is 0.161. The smallest absolute Gasteiger partial charge is 0.219 e. The maximum atomic E-state index is 11.7. The normalized spacial score (nSPS) is 20.0. The van der Waals surface area contributed by atoms with Gasteiger partial charge in [-0.05, 0) is 37.8 Å². The highest BCUT2D eigenvalue weighted by atomic mass is 16.2. The fourth-order valence-electron chi connectivity index (χ4n) is 4.40. The van der Waals surface area contributed by atoms with Crippen LogP contribution in [0.25, 0.3) is 0 Å². The highest BCUT2D eigenvalue weighted by Gasteiger charge is 2.26. The van der Waals surface area contributed by atoms with Crippen LogP contribution >= 0.6 is 0 Å². The zero-order chi connectivity index (χ0) is 19.3. The maximum Gasteiger partial charge on any atom is 0.219 e. The summed E-state index contributed by atoms with van der Waals surface area (Å²) in [7, 11) is 0.